The minimum atomic E-state index is 0. The van der Waals surface area contributed by atoms with E-state index in [9.17, 15) is 0 Å². The number of guanidine groups is 1. The number of hydrogen-bond acceptors (Lipinski definition) is 3. The molecule has 152 valence electrons. The monoisotopic (exact) mass is 486 g/mol. The number of likely N-dealkylation sites (N-methyl/N-ethyl adjacent to an activating group) is 1. The summed E-state index contributed by atoms with van der Waals surface area (Å²) in [4.78, 5) is 7.24. The Morgan fingerprint density at radius 2 is 1.96 bits per heavy atom. The van der Waals surface area contributed by atoms with Crippen LogP contribution < -0.4 is 15.4 Å². The predicted octanol–water partition coefficient (Wildman–Crippen LogP) is 3.63. The molecule has 0 bridgehead atoms. The van der Waals surface area contributed by atoms with Gasteiger partial charge in [-0.3, -0.25) is 4.90 Å². The summed E-state index contributed by atoms with van der Waals surface area (Å²) in [7, 11) is 2.22. The Hall–Kier alpha value is -1.02. The van der Waals surface area contributed by atoms with Gasteiger partial charge in [0.15, 0.2) is 5.96 Å². The van der Waals surface area contributed by atoms with Gasteiger partial charge in [0.2, 0.25) is 0 Å². The summed E-state index contributed by atoms with van der Waals surface area (Å²) in [5, 5.41) is 6.84. The number of hydrogen-bond donors (Lipinski definition) is 2. The van der Waals surface area contributed by atoms with Crippen molar-refractivity contribution in [1.82, 2.24) is 15.5 Å². The van der Waals surface area contributed by atoms with Crippen LogP contribution in [0.2, 0.25) is 0 Å². The van der Waals surface area contributed by atoms with Crippen LogP contribution in [0.4, 0.5) is 0 Å². The Labute approximate surface area is 181 Å². The highest BCUT2D eigenvalue weighted by atomic mass is 127. The maximum absolute atomic E-state index is 6.00. The molecule has 0 aromatic heterocycles. The molecule has 2 aliphatic rings. The first-order chi connectivity index (χ1) is 12.7. The summed E-state index contributed by atoms with van der Waals surface area (Å²) < 4.78 is 6.00. The van der Waals surface area contributed by atoms with E-state index in [4.69, 9.17) is 9.73 Å². The molecular formula is C21H35IN4O. The van der Waals surface area contributed by atoms with Crippen molar-refractivity contribution in [3.63, 3.8) is 0 Å². The molecule has 2 N–H and O–H groups in total. The van der Waals surface area contributed by atoms with Gasteiger partial charge in [0.05, 0.1) is 13.2 Å². The summed E-state index contributed by atoms with van der Waals surface area (Å²) in [5.41, 5.74) is 1.15. The molecule has 0 amide bonds. The molecule has 2 aliphatic carbocycles. The van der Waals surface area contributed by atoms with Gasteiger partial charge in [0, 0.05) is 30.7 Å². The lowest BCUT2D eigenvalue weighted by atomic mass is 10.2. The SMILES string of the molecule is CCNC(=NCc1ccccc1OCC1CC1)NCC(C)N(C)C1CC1.I. The van der Waals surface area contributed by atoms with Crippen molar-refractivity contribution in [2.24, 2.45) is 10.9 Å². The van der Waals surface area contributed by atoms with Crippen LogP contribution >= 0.6 is 24.0 Å². The fourth-order valence-corrected chi connectivity index (χ4v) is 3.00. The first-order valence-electron chi connectivity index (χ1n) is 10.1. The summed E-state index contributed by atoms with van der Waals surface area (Å²) in [6.07, 6.45) is 5.30. The van der Waals surface area contributed by atoms with E-state index in [0.717, 1.165) is 48.9 Å². The molecule has 2 fully saturated rings. The number of nitrogens with one attached hydrogen (secondary N) is 2. The Morgan fingerprint density at radius 3 is 2.63 bits per heavy atom. The van der Waals surface area contributed by atoms with Crippen molar-refractivity contribution in [2.45, 2.75) is 58.2 Å². The van der Waals surface area contributed by atoms with Crippen LogP contribution in [0.15, 0.2) is 29.3 Å². The van der Waals surface area contributed by atoms with Gasteiger partial charge >= 0.3 is 0 Å². The summed E-state index contributed by atoms with van der Waals surface area (Å²) >= 11 is 0. The van der Waals surface area contributed by atoms with Crippen molar-refractivity contribution in [2.75, 3.05) is 26.7 Å². The second-order valence-corrected chi connectivity index (χ2v) is 7.68. The Bertz CT molecular complexity index is 602. The third kappa shape index (κ3) is 7.49. The molecule has 0 radical (unpaired) electrons. The predicted molar refractivity (Wildman–Crippen MR) is 123 cm³/mol. The van der Waals surface area contributed by atoms with Gasteiger partial charge in [-0.25, -0.2) is 4.99 Å². The zero-order chi connectivity index (χ0) is 18.4. The normalized spacial score (nSPS) is 18.0. The maximum atomic E-state index is 6.00. The average molecular weight is 486 g/mol. The fraction of sp³-hybridized carbons (Fsp3) is 0.667. The van der Waals surface area contributed by atoms with Gasteiger partial charge in [0.25, 0.3) is 0 Å². The molecule has 2 saturated carbocycles. The number of para-hydroxylation sites is 1. The van der Waals surface area contributed by atoms with E-state index < -0.39 is 0 Å². The second kappa shape index (κ2) is 11.1. The lowest BCUT2D eigenvalue weighted by Crippen LogP contribution is -2.45. The molecule has 0 aliphatic heterocycles. The number of rotatable bonds is 10. The lowest BCUT2D eigenvalue weighted by molar-refractivity contribution is 0.247. The molecule has 1 aromatic rings. The zero-order valence-corrected chi connectivity index (χ0v) is 19.2. The van der Waals surface area contributed by atoms with Gasteiger partial charge in [-0.05, 0) is 58.6 Å². The van der Waals surface area contributed by atoms with E-state index in [2.05, 4.69) is 54.6 Å². The summed E-state index contributed by atoms with van der Waals surface area (Å²) in [6, 6.07) is 9.54. The van der Waals surface area contributed by atoms with Crippen LogP contribution in [-0.2, 0) is 6.54 Å². The highest BCUT2D eigenvalue weighted by molar-refractivity contribution is 14.0. The van der Waals surface area contributed by atoms with Crippen molar-refractivity contribution in [1.29, 1.82) is 0 Å². The number of nitrogens with zero attached hydrogens (tertiary/aromatic N) is 2. The molecule has 3 rings (SSSR count). The summed E-state index contributed by atoms with van der Waals surface area (Å²) in [5.74, 6) is 2.61. The van der Waals surface area contributed by atoms with Crippen LogP contribution in [0.1, 0.15) is 45.1 Å². The standard InChI is InChI=1S/C21H34N4O.HI/c1-4-22-21(23-13-16(2)25(3)19-11-12-19)24-14-18-7-5-6-8-20(18)26-15-17-9-10-17;/h5-8,16-17,19H,4,9-15H2,1-3H3,(H2,22,23,24);1H. The van der Waals surface area contributed by atoms with Crippen LogP contribution in [-0.4, -0.2) is 49.7 Å². The van der Waals surface area contributed by atoms with E-state index in [1.54, 1.807) is 0 Å². The maximum Gasteiger partial charge on any atom is 0.191 e. The Morgan fingerprint density at radius 1 is 1.22 bits per heavy atom. The smallest absolute Gasteiger partial charge is 0.191 e. The molecule has 6 heteroatoms. The van der Waals surface area contributed by atoms with Crippen molar-refractivity contribution < 1.29 is 4.74 Å². The molecule has 27 heavy (non-hydrogen) atoms. The van der Waals surface area contributed by atoms with Crippen LogP contribution in [0.25, 0.3) is 0 Å². The summed E-state index contributed by atoms with van der Waals surface area (Å²) in [6.45, 7) is 7.60. The van der Waals surface area contributed by atoms with E-state index in [1.165, 1.54) is 25.7 Å². The van der Waals surface area contributed by atoms with Crippen LogP contribution in [0, 0.1) is 5.92 Å². The van der Waals surface area contributed by atoms with Crippen LogP contribution in [0.3, 0.4) is 0 Å². The van der Waals surface area contributed by atoms with E-state index >= 15 is 0 Å². The highest BCUT2D eigenvalue weighted by Gasteiger charge is 2.29. The van der Waals surface area contributed by atoms with E-state index in [-0.39, 0.29) is 24.0 Å². The van der Waals surface area contributed by atoms with Crippen molar-refractivity contribution in [3.05, 3.63) is 29.8 Å². The number of ether oxygens (including phenoxy) is 1. The van der Waals surface area contributed by atoms with Crippen molar-refractivity contribution >= 4 is 29.9 Å². The minimum absolute atomic E-state index is 0. The number of aliphatic imine (C=N–C) groups is 1. The van der Waals surface area contributed by atoms with Gasteiger partial charge in [-0.15, -0.1) is 24.0 Å². The van der Waals surface area contributed by atoms with Gasteiger partial charge in [-0.2, -0.15) is 0 Å². The molecular weight excluding hydrogens is 451 g/mol. The quantitative estimate of drug-likeness (QED) is 0.301. The molecule has 5 nitrogen and oxygen atoms in total. The highest BCUT2D eigenvalue weighted by Crippen LogP contribution is 2.30. The van der Waals surface area contributed by atoms with Gasteiger partial charge in [0.1, 0.15) is 5.75 Å². The molecule has 1 unspecified atom stereocenters. The Balaban J connectivity index is 0.00000261. The number of halogens is 1. The molecule has 1 aromatic carbocycles. The third-order valence-electron chi connectivity index (χ3n) is 5.28. The zero-order valence-electron chi connectivity index (χ0n) is 16.9. The topological polar surface area (TPSA) is 48.9 Å². The molecule has 0 saturated heterocycles. The number of benzene rings is 1. The van der Waals surface area contributed by atoms with Gasteiger partial charge < -0.3 is 15.4 Å². The molecule has 0 spiro atoms. The van der Waals surface area contributed by atoms with E-state index in [1.807, 2.05) is 6.07 Å². The second-order valence-electron chi connectivity index (χ2n) is 7.68. The average Bonchev–Trinajstić information content (AvgIpc) is 3.55. The molecule has 1 atom stereocenters. The Kier molecular flexibility index (Phi) is 9.15. The third-order valence-corrected chi connectivity index (χ3v) is 5.28. The van der Waals surface area contributed by atoms with Crippen LogP contribution in [0.5, 0.6) is 5.75 Å². The lowest BCUT2D eigenvalue weighted by Gasteiger charge is -2.25. The van der Waals surface area contributed by atoms with Crippen molar-refractivity contribution in [3.8, 4) is 5.75 Å². The largest absolute Gasteiger partial charge is 0.493 e. The first kappa shape index (κ1) is 22.3. The first-order valence-corrected chi connectivity index (χ1v) is 10.1. The van der Waals surface area contributed by atoms with Gasteiger partial charge in [-0.1, -0.05) is 18.2 Å². The van der Waals surface area contributed by atoms with E-state index in [0.29, 0.717) is 12.6 Å². The molecule has 0 heterocycles. The minimum Gasteiger partial charge on any atom is -0.493 e. The fourth-order valence-electron chi connectivity index (χ4n) is 3.00.